The third-order valence-corrected chi connectivity index (χ3v) is 2.66. The van der Waals surface area contributed by atoms with Gasteiger partial charge in [0.25, 0.3) is 0 Å². The lowest BCUT2D eigenvalue weighted by Crippen LogP contribution is -2.19. The molecule has 0 aliphatic carbocycles. The molecule has 0 saturated carbocycles. The topological polar surface area (TPSA) is 34.1 Å². The summed E-state index contributed by atoms with van der Waals surface area (Å²) in [7, 11) is 1.55. The molecule has 1 unspecified atom stereocenters. The van der Waals surface area contributed by atoms with Crippen LogP contribution in [0.5, 0.6) is 0 Å². The van der Waals surface area contributed by atoms with Crippen molar-refractivity contribution >= 4 is 21.7 Å². The van der Waals surface area contributed by atoms with Gasteiger partial charge in [-0.25, -0.2) is 4.98 Å². The smallest absolute Gasteiger partial charge is 0.384 e. The van der Waals surface area contributed by atoms with Crippen molar-refractivity contribution in [2.24, 2.45) is 5.92 Å². The molecule has 0 spiro atoms. The maximum Gasteiger partial charge on any atom is 0.419 e. The first kappa shape index (κ1) is 15.2. The Morgan fingerprint density at radius 1 is 1.50 bits per heavy atom. The number of aromatic nitrogens is 1. The number of rotatable bonds is 5. The third-order valence-electron chi connectivity index (χ3n) is 2.23. The van der Waals surface area contributed by atoms with E-state index in [9.17, 15) is 13.2 Å². The minimum Gasteiger partial charge on any atom is -0.384 e. The van der Waals surface area contributed by atoms with Crippen molar-refractivity contribution in [2.75, 3.05) is 25.6 Å². The number of methoxy groups -OCH3 is 1. The van der Waals surface area contributed by atoms with Gasteiger partial charge in [-0.2, -0.15) is 13.2 Å². The quantitative estimate of drug-likeness (QED) is 0.898. The zero-order valence-electron chi connectivity index (χ0n) is 10.0. The number of halogens is 4. The van der Waals surface area contributed by atoms with Crippen molar-refractivity contribution in [3.63, 3.8) is 0 Å². The number of hydrogen-bond donors (Lipinski definition) is 1. The third kappa shape index (κ3) is 4.45. The summed E-state index contributed by atoms with van der Waals surface area (Å²) in [6.45, 7) is 2.72. The van der Waals surface area contributed by atoms with Gasteiger partial charge in [-0.3, -0.25) is 0 Å². The number of anilines is 1. The largest absolute Gasteiger partial charge is 0.419 e. The molecule has 0 saturated heterocycles. The van der Waals surface area contributed by atoms with Gasteiger partial charge in [0, 0.05) is 24.3 Å². The average molecular weight is 327 g/mol. The Hall–Kier alpha value is -0.820. The van der Waals surface area contributed by atoms with Gasteiger partial charge < -0.3 is 10.1 Å². The Morgan fingerprint density at radius 2 is 2.17 bits per heavy atom. The van der Waals surface area contributed by atoms with Crippen LogP contribution in [0.1, 0.15) is 12.5 Å². The lowest BCUT2D eigenvalue weighted by Gasteiger charge is -2.16. The van der Waals surface area contributed by atoms with Crippen LogP contribution in [-0.4, -0.2) is 25.2 Å². The van der Waals surface area contributed by atoms with Crippen LogP contribution in [0.2, 0.25) is 0 Å². The summed E-state index contributed by atoms with van der Waals surface area (Å²) in [5, 5.41) is 2.70. The first-order chi connectivity index (χ1) is 8.34. The van der Waals surface area contributed by atoms with Gasteiger partial charge in [-0.05, 0) is 27.9 Å². The van der Waals surface area contributed by atoms with Crippen LogP contribution in [0.3, 0.4) is 0 Å². The van der Waals surface area contributed by atoms with Crippen molar-refractivity contribution in [1.82, 2.24) is 4.98 Å². The van der Waals surface area contributed by atoms with E-state index < -0.39 is 11.7 Å². The van der Waals surface area contributed by atoms with Crippen LogP contribution in [0, 0.1) is 5.92 Å². The van der Waals surface area contributed by atoms with Crippen molar-refractivity contribution in [1.29, 1.82) is 0 Å². The van der Waals surface area contributed by atoms with Gasteiger partial charge >= 0.3 is 6.18 Å². The number of hydrogen-bond acceptors (Lipinski definition) is 3. The van der Waals surface area contributed by atoms with E-state index in [1.807, 2.05) is 6.92 Å². The molecular weight excluding hydrogens is 313 g/mol. The molecule has 102 valence electrons. The van der Waals surface area contributed by atoms with Gasteiger partial charge in [-0.1, -0.05) is 6.92 Å². The zero-order chi connectivity index (χ0) is 13.8. The maximum atomic E-state index is 12.8. The van der Waals surface area contributed by atoms with Gasteiger partial charge in [0.15, 0.2) is 0 Å². The molecule has 1 N–H and O–H groups in total. The number of nitrogens with one attached hydrogen (secondary N) is 1. The van der Waals surface area contributed by atoms with Gasteiger partial charge in [0.05, 0.1) is 12.2 Å². The van der Waals surface area contributed by atoms with E-state index >= 15 is 0 Å². The second-order valence-electron chi connectivity index (χ2n) is 3.99. The normalized spacial score (nSPS) is 13.4. The van der Waals surface area contributed by atoms with Crippen molar-refractivity contribution < 1.29 is 17.9 Å². The minimum absolute atomic E-state index is 0.0986. The molecule has 0 bridgehead atoms. The van der Waals surface area contributed by atoms with Crippen molar-refractivity contribution in [3.8, 4) is 0 Å². The molecule has 0 radical (unpaired) electrons. The van der Waals surface area contributed by atoms with Crippen LogP contribution < -0.4 is 5.32 Å². The number of alkyl halides is 3. The minimum atomic E-state index is -4.43. The van der Waals surface area contributed by atoms with E-state index in [0.29, 0.717) is 17.6 Å². The molecule has 1 atom stereocenters. The zero-order valence-corrected chi connectivity index (χ0v) is 11.6. The molecule has 0 aliphatic rings. The first-order valence-corrected chi connectivity index (χ1v) is 6.09. The summed E-state index contributed by atoms with van der Waals surface area (Å²) in [5.74, 6) is -0.0600. The molecule has 1 aromatic heterocycles. The summed E-state index contributed by atoms with van der Waals surface area (Å²) in [6, 6.07) is 1.01. The van der Waals surface area contributed by atoms with E-state index in [1.54, 1.807) is 7.11 Å². The Labute approximate surface area is 112 Å². The van der Waals surface area contributed by atoms with E-state index in [2.05, 4.69) is 26.2 Å². The SMILES string of the molecule is COCC(C)CNc1ncc(Br)cc1C(F)(F)F. The van der Waals surface area contributed by atoms with E-state index in [1.165, 1.54) is 6.20 Å². The summed E-state index contributed by atoms with van der Waals surface area (Å²) < 4.78 is 43.5. The lowest BCUT2D eigenvalue weighted by molar-refractivity contribution is -0.137. The highest BCUT2D eigenvalue weighted by Gasteiger charge is 2.34. The Morgan fingerprint density at radius 3 is 2.72 bits per heavy atom. The van der Waals surface area contributed by atoms with Gasteiger partial charge in [0.1, 0.15) is 5.82 Å². The highest BCUT2D eigenvalue weighted by Crippen LogP contribution is 2.35. The second kappa shape index (κ2) is 6.38. The van der Waals surface area contributed by atoms with E-state index in [-0.39, 0.29) is 11.7 Å². The molecule has 18 heavy (non-hydrogen) atoms. The molecule has 0 amide bonds. The molecule has 1 aromatic rings. The summed E-state index contributed by atoms with van der Waals surface area (Å²) in [5.41, 5.74) is -0.776. The van der Waals surface area contributed by atoms with Crippen LogP contribution in [-0.2, 0) is 10.9 Å². The Balaban J connectivity index is 2.82. The monoisotopic (exact) mass is 326 g/mol. The van der Waals surface area contributed by atoms with Crippen LogP contribution in [0.25, 0.3) is 0 Å². The second-order valence-corrected chi connectivity index (χ2v) is 4.90. The van der Waals surface area contributed by atoms with Crippen LogP contribution >= 0.6 is 15.9 Å². The summed E-state index contributed by atoms with van der Waals surface area (Å²) in [6.07, 6.45) is -3.10. The average Bonchev–Trinajstić information content (AvgIpc) is 2.26. The molecule has 3 nitrogen and oxygen atoms in total. The van der Waals surface area contributed by atoms with Crippen LogP contribution in [0.4, 0.5) is 19.0 Å². The van der Waals surface area contributed by atoms with E-state index in [4.69, 9.17) is 4.74 Å². The summed E-state index contributed by atoms with van der Waals surface area (Å²) in [4.78, 5) is 3.76. The standard InChI is InChI=1S/C11H14BrF3N2O/c1-7(6-18-2)4-16-10-9(11(13,14)15)3-8(12)5-17-10/h3,5,7H,4,6H2,1-2H3,(H,16,17). The fraction of sp³-hybridized carbons (Fsp3) is 0.545. The predicted molar refractivity (Wildman–Crippen MR) is 66.5 cm³/mol. The maximum absolute atomic E-state index is 12.8. The summed E-state index contributed by atoms with van der Waals surface area (Å²) >= 11 is 2.98. The predicted octanol–water partition coefficient (Wildman–Crippen LogP) is 3.56. The fourth-order valence-electron chi connectivity index (χ4n) is 1.41. The Kier molecular flexibility index (Phi) is 5.40. The molecule has 1 rings (SSSR count). The molecule has 7 heteroatoms. The van der Waals surface area contributed by atoms with Gasteiger partial charge in [0.2, 0.25) is 0 Å². The molecule has 0 fully saturated rings. The van der Waals surface area contributed by atoms with Crippen molar-refractivity contribution in [2.45, 2.75) is 13.1 Å². The van der Waals surface area contributed by atoms with Gasteiger partial charge in [-0.15, -0.1) is 0 Å². The molecular formula is C11H14BrF3N2O. The number of ether oxygens (including phenoxy) is 1. The molecule has 1 heterocycles. The van der Waals surface area contributed by atoms with E-state index in [0.717, 1.165) is 6.07 Å². The Bertz CT molecular complexity index is 398. The first-order valence-electron chi connectivity index (χ1n) is 5.30. The molecule has 0 aliphatic heterocycles. The highest BCUT2D eigenvalue weighted by molar-refractivity contribution is 9.10. The highest BCUT2D eigenvalue weighted by atomic mass is 79.9. The fourth-order valence-corrected chi connectivity index (χ4v) is 1.74. The lowest BCUT2D eigenvalue weighted by atomic mass is 10.2. The molecule has 0 aromatic carbocycles. The number of pyridine rings is 1. The number of nitrogens with zero attached hydrogens (tertiary/aromatic N) is 1. The van der Waals surface area contributed by atoms with Crippen molar-refractivity contribution in [3.05, 3.63) is 22.3 Å². The van der Waals surface area contributed by atoms with Crippen LogP contribution in [0.15, 0.2) is 16.7 Å².